The number of thioether (sulfide) groups is 1. The highest BCUT2D eigenvalue weighted by Crippen LogP contribution is 2.45. The van der Waals surface area contributed by atoms with Crippen LogP contribution < -0.4 is 10.0 Å². The van der Waals surface area contributed by atoms with Crippen molar-refractivity contribution in [2.75, 3.05) is 11.4 Å². The van der Waals surface area contributed by atoms with Gasteiger partial charge in [-0.2, -0.15) is 0 Å². The average molecular weight is 302 g/mol. The number of fused-ring (bicyclic) bond motifs is 1. The zero-order valence-corrected chi connectivity index (χ0v) is 11.8. The minimum atomic E-state index is -1.28. The third-order valence-corrected chi connectivity index (χ3v) is 4.52. The smallest absolute Gasteiger partial charge is 0.228 e. The molecule has 5 nitrogen and oxygen atoms in total. The minimum absolute atomic E-state index is 0.166. The molecule has 0 saturated heterocycles. The molecule has 1 aliphatic rings. The monoisotopic (exact) mass is 302 g/mol. The van der Waals surface area contributed by atoms with Crippen LogP contribution in [0.3, 0.4) is 0 Å². The summed E-state index contributed by atoms with van der Waals surface area (Å²) in [6, 6.07) is 10.8. The Kier molecular flexibility index (Phi) is 3.70. The predicted molar refractivity (Wildman–Crippen MR) is 75.7 cm³/mol. The topological polar surface area (TPSA) is 73.6 Å². The van der Waals surface area contributed by atoms with Crippen LogP contribution in [-0.2, 0) is 9.59 Å². The van der Waals surface area contributed by atoms with E-state index in [0.29, 0.717) is 11.4 Å². The van der Waals surface area contributed by atoms with E-state index in [0.717, 1.165) is 4.90 Å². The summed E-state index contributed by atoms with van der Waals surface area (Å²) in [6.07, 6.45) is 1.75. The van der Waals surface area contributed by atoms with Crippen LogP contribution in [0.25, 0.3) is 0 Å². The van der Waals surface area contributed by atoms with E-state index in [1.807, 2.05) is 18.2 Å². The summed E-state index contributed by atoms with van der Waals surface area (Å²) < 4.78 is 5.39. The van der Waals surface area contributed by atoms with Crippen molar-refractivity contribution in [3.8, 4) is 0 Å². The van der Waals surface area contributed by atoms with Gasteiger partial charge in [0.1, 0.15) is 5.76 Å². The summed E-state index contributed by atoms with van der Waals surface area (Å²) in [5.74, 6) is -0.823. The van der Waals surface area contributed by atoms with Gasteiger partial charge in [0, 0.05) is 11.3 Å². The summed E-state index contributed by atoms with van der Waals surface area (Å²) in [5.41, 5.74) is 0.603. The maximum absolute atomic E-state index is 12.4. The molecule has 1 amide bonds. The number of hydrogen-bond acceptors (Lipinski definition) is 5. The number of hydrogen-bond donors (Lipinski definition) is 0. The van der Waals surface area contributed by atoms with Crippen molar-refractivity contribution in [2.24, 2.45) is 0 Å². The number of carbonyl (C=O) groups excluding carboxylic acids is 2. The van der Waals surface area contributed by atoms with Gasteiger partial charge in [0.2, 0.25) is 5.91 Å². The fraction of sp³-hybridized carbons (Fsp3) is 0.200. The van der Waals surface area contributed by atoms with Gasteiger partial charge in [-0.25, -0.2) is 0 Å². The molecule has 0 fully saturated rings. The van der Waals surface area contributed by atoms with Gasteiger partial charge < -0.3 is 19.2 Å². The first-order chi connectivity index (χ1) is 10.1. The van der Waals surface area contributed by atoms with Crippen LogP contribution in [0.1, 0.15) is 17.4 Å². The molecular formula is C15H12NO4S-. The lowest BCUT2D eigenvalue weighted by atomic mass is 10.2. The molecule has 2 heterocycles. The van der Waals surface area contributed by atoms with Crippen molar-refractivity contribution in [2.45, 2.75) is 16.6 Å². The number of benzene rings is 1. The van der Waals surface area contributed by atoms with Gasteiger partial charge in [-0.3, -0.25) is 4.79 Å². The van der Waals surface area contributed by atoms with Gasteiger partial charge in [0.05, 0.1) is 29.7 Å². The first kappa shape index (κ1) is 13.8. The molecule has 1 unspecified atom stereocenters. The zero-order chi connectivity index (χ0) is 14.8. The first-order valence-corrected chi connectivity index (χ1v) is 7.32. The Bertz CT molecular complexity index is 668. The highest BCUT2D eigenvalue weighted by molar-refractivity contribution is 7.99. The van der Waals surface area contributed by atoms with Crippen molar-refractivity contribution in [1.29, 1.82) is 0 Å². The summed E-state index contributed by atoms with van der Waals surface area (Å²) in [4.78, 5) is 25.4. The fourth-order valence-corrected chi connectivity index (χ4v) is 3.55. The summed E-state index contributed by atoms with van der Waals surface area (Å²) in [6.45, 7) is -0.443. The Balaban J connectivity index is 2.00. The van der Waals surface area contributed by atoms with Crippen LogP contribution in [-0.4, -0.2) is 18.4 Å². The highest BCUT2D eigenvalue weighted by atomic mass is 32.2. The Hall–Kier alpha value is -2.21. The molecule has 21 heavy (non-hydrogen) atoms. The van der Waals surface area contributed by atoms with E-state index in [1.165, 1.54) is 16.7 Å². The number of anilines is 1. The number of amides is 1. The Morgan fingerprint density at radius 2 is 2.14 bits per heavy atom. The molecule has 6 heteroatoms. The molecule has 1 atom stereocenters. The van der Waals surface area contributed by atoms with Crippen molar-refractivity contribution < 1.29 is 19.1 Å². The number of nitrogens with zero attached hydrogens (tertiary/aromatic N) is 1. The molecule has 0 saturated carbocycles. The largest absolute Gasteiger partial charge is 0.548 e. The predicted octanol–water partition coefficient (Wildman–Crippen LogP) is 1.60. The normalized spacial score (nSPS) is 18.2. The van der Waals surface area contributed by atoms with Crippen LogP contribution in [0.15, 0.2) is 52.0 Å². The summed E-state index contributed by atoms with van der Waals surface area (Å²) in [7, 11) is 0. The number of para-hydroxylation sites is 1. The molecule has 0 spiro atoms. The standard InChI is InChI=1S/C15H13NO4S/c17-14-8-13(11-5-3-7-20-11)21-12-6-2-1-4-10(12)16(14)9-15(18)19/h1-7,13H,8-9H2,(H,18,19)/p-1. The number of rotatable bonds is 3. The molecule has 108 valence electrons. The molecule has 0 radical (unpaired) electrons. The van der Waals surface area contributed by atoms with E-state index in [4.69, 9.17) is 4.42 Å². The van der Waals surface area contributed by atoms with Gasteiger partial charge in [0.25, 0.3) is 0 Å². The van der Waals surface area contributed by atoms with Crippen molar-refractivity contribution >= 4 is 29.3 Å². The lowest BCUT2D eigenvalue weighted by molar-refractivity contribution is -0.303. The van der Waals surface area contributed by atoms with Crippen LogP contribution in [0, 0.1) is 0 Å². The van der Waals surface area contributed by atoms with E-state index in [1.54, 1.807) is 24.5 Å². The van der Waals surface area contributed by atoms with Crippen molar-refractivity contribution in [1.82, 2.24) is 0 Å². The number of carboxylic acids is 1. The molecule has 2 aromatic rings. The average Bonchev–Trinajstić information content (AvgIpc) is 2.94. The molecule has 0 aliphatic carbocycles. The maximum Gasteiger partial charge on any atom is 0.228 e. The van der Waals surface area contributed by atoms with Gasteiger partial charge in [-0.1, -0.05) is 12.1 Å². The second kappa shape index (κ2) is 5.65. The third-order valence-electron chi connectivity index (χ3n) is 3.23. The fourth-order valence-electron chi connectivity index (χ4n) is 2.31. The minimum Gasteiger partial charge on any atom is -0.548 e. The van der Waals surface area contributed by atoms with E-state index in [2.05, 4.69) is 0 Å². The number of carbonyl (C=O) groups is 2. The molecule has 1 aromatic carbocycles. The quantitative estimate of drug-likeness (QED) is 0.861. The van der Waals surface area contributed by atoms with Gasteiger partial charge in [-0.15, -0.1) is 11.8 Å². The first-order valence-electron chi connectivity index (χ1n) is 6.44. The number of furan rings is 1. The second-order valence-corrected chi connectivity index (χ2v) is 5.89. The van der Waals surface area contributed by atoms with Gasteiger partial charge >= 0.3 is 0 Å². The summed E-state index contributed by atoms with van der Waals surface area (Å²) >= 11 is 1.50. The highest BCUT2D eigenvalue weighted by Gasteiger charge is 2.30. The number of carboxylic acid groups (broad SMARTS) is 1. The van der Waals surface area contributed by atoms with Gasteiger partial charge in [0.15, 0.2) is 0 Å². The lowest BCUT2D eigenvalue weighted by Crippen LogP contribution is -2.41. The van der Waals surface area contributed by atoms with Crippen LogP contribution in [0.2, 0.25) is 0 Å². The summed E-state index contributed by atoms with van der Waals surface area (Å²) in [5, 5.41) is 10.7. The maximum atomic E-state index is 12.4. The molecule has 3 rings (SSSR count). The van der Waals surface area contributed by atoms with E-state index in [-0.39, 0.29) is 17.6 Å². The molecule has 0 bridgehead atoms. The Labute approximate surface area is 125 Å². The Morgan fingerprint density at radius 1 is 1.33 bits per heavy atom. The lowest BCUT2D eigenvalue weighted by Gasteiger charge is -2.22. The molecule has 1 aromatic heterocycles. The zero-order valence-electron chi connectivity index (χ0n) is 11.0. The molecule has 1 aliphatic heterocycles. The van der Waals surface area contributed by atoms with Crippen molar-refractivity contribution in [3.05, 3.63) is 48.4 Å². The van der Waals surface area contributed by atoms with E-state index in [9.17, 15) is 14.7 Å². The van der Waals surface area contributed by atoms with E-state index < -0.39 is 12.5 Å². The van der Waals surface area contributed by atoms with E-state index >= 15 is 0 Å². The number of aliphatic carboxylic acids is 1. The van der Waals surface area contributed by atoms with Gasteiger partial charge in [-0.05, 0) is 24.3 Å². The van der Waals surface area contributed by atoms with Crippen LogP contribution in [0.4, 0.5) is 5.69 Å². The Morgan fingerprint density at radius 3 is 2.86 bits per heavy atom. The third kappa shape index (κ3) is 2.80. The molecule has 0 N–H and O–H groups in total. The van der Waals surface area contributed by atoms with Crippen LogP contribution in [0.5, 0.6) is 0 Å². The second-order valence-electron chi connectivity index (χ2n) is 4.65. The van der Waals surface area contributed by atoms with Crippen molar-refractivity contribution in [3.63, 3.8) is 0 Å². The van der Waals surface area contributed by atoms with Crippen LogP contribution >= 0.6 is 11.8 Å². The molecular weight excluding hydrogens is 290 g/mol. The SMILES string of the molecule is O=C([O-])CN1C(=O)CC(c2ccco2)Sc2ccccc21.